The van der Waals surface area contributed by atoms with Crippen LogP contribution in [0.5, 0.6) is 0 Å². The molecule has 1 aliphatic heterocycles. The summed E-state index contributed by atoms with van der Waals surface area (Å²) in [7, 11) is 1.85. The fourth-order valence-electron chi connectivity index (χ4n) is 1.42. The summed E-state index contributed by atoms with van der Waals surface area (Å²) in [5.74, 6) is 0.000697. The Morgan fingerprint density at radius 3 is 3.08 bits per heavy atom. The Balaban J connectivity index is 2.45. The first-order valence-electron chi connectivity index (χ1n) is 4.16. The molecule has 0 radical (unpaired) electrons. The minimum Gasteiger partial charge on any atom is -0.386 e. The second kappa shape index (κ2) is 2.97. The molecular weight excluding hydrogens is 166 g/mol. The molecule has 0 fully saturated rings. The third-order valence-electron chi connectivity index (χ3n) is 2.03. The third kappa shape index (κ3) is 1.30. The quantitative estimate of drug-likeness (QED) is 0.602. The van der Waals surface area contributed by atoms with Gasteiger partial charge < -0.3 is 16.0 Å². The Hall–Kier alpha value is -1.71. The van der Waals surface area contributed by atoms with Crippen LogP contribution in [0.4, 0.5) is 17.1 Å². The molecule has 68 valence electrons. The number of hydrogen-bond acceptors (Lipinski definition) is 3. The van der Waals surface area contributed by atoms with Crippen LogP contribution in [-0.4, -0.2) is 19.5 Å². The molecule has 4 heteroatoms. The van der Waals surface area contributed by atoms with E-state index in [1.165, 1.54) is 0 Å². The van der Waals surface area contributed by atoms with E-state index in [0.29, 0.717) is 6.54 Å². The zero-order valence-corrected chi connectivity index (χ0v) is 7.35. The number of anilines is 3. The molecule has 3 N–H and O–H groups in total. The van der Waals surface area contributed by atoms with Crippen molar-refractivity contribution in [3.05, 3.63) is 18.2 Å². The summed E-state index contributed by atoms with van der Waals surface area (Å²) in [6.07, 6.45) is 0. The van der Waals surface area contributed by atoms with Gasteiger partial charge in [-0.15, -0.1) is 0 Å². The summed E-state index contributed by atoms with van der Waals surface area (Å²) in [6.45, 7) is 0.339. The second-order valence-electron chi connectivity index (χ2n) is 2.88. The number of amides is 1. The minimum absolute atomic E-state index is 0.000697. The summed E-state index contributed by atoms with van der Waals surface area (Å²) >= 11 is 0. The number of carbonyl (C=O) groups is 1. The van der Waals surface area contributed by atoms with Gasteiger partial charge in [-0.25, -0.2) is 0 Å². The zero-order valence-electron chi connectivity index (χ0n) is 7.35. The monoisotopic (exact) mass is 177 g/mol. The van der Waals surface area contributed by atoms with Gasteiger partial charge in [-0.2, -0.15) is 0 Å². The summed E-state index contributed by atoms with van der Waals surface area (Å²) in [5, 5.41) is 8.91. The predicted octanol–water partition coefficient (Wildman–Crippen LogP) is 1.09. The summed E-state index contributed by atoms with van der Waals surface area (Å²) in [6, 6.07) is 5.74. The number of hydrogen-bond donors (Lipinski definition) is 3. The van der Waals surface area contributed by atoms with Gasteiger partial charge in [0, 0.05) is 7.05 Å². The molecule has 1 heterocycles. The largest absolute Gasteiger partial charge is 0.386 e. The van der Waals surface area contributed by atoms with Crippen molar-refractivity contribution in [2.45, 2.75) is 0 Å². The van der Waals surface area contributed by atoms with Crippen LogP contribution in [0.2, 0.25) is 0 Å². The highest BCUT2D eigenvalue weighted by molar-refractivity contribution is 6.03. The Kier molecular flexibility index (Phi) is 1.81. The molecule has 0 saturated carbocycles. The van der Waals surface area contributed by atoms with E-state index >= 15 is 0 Å². The highest BCUT2D eigenvalue weighted by Gasteiger charge is 2.15. The molecule has 1 aromatic carbocycles. The molecule has 2 rings (SSSR count). The van der Waals surface area contributed by atoms with Gasteiger partial charge in [-0.1, -0.05) is 6.07 Å². The lowest BCUT2D eigenvalue weighted by Gasteiger charge is -2.21. The smallest absolute Gasteiger partial charge is 0.243 e. The molecule has 0 atom stereocenters. The molecule has 1 aromatic rings. The highest BCUT2D eigenvalue weighted by atomic mass is 16.2. The maximum atomic E-state index is 11.0. The average Bonchev–Trinajstić information content (AvgIpc) is 2.16. The molecule has 0 unspecified atom stereocenters. The lowest BCUT2D eigenvalue weighted by Crippen LogP contribution is -2.27. The van der Waals surface area contributed by atoms with Crippen LogP contribution in [0.3, 0.4) is 0 Å². The number of nitrogens with one attached hydrogen (secondary N) is 3. The van der Waals surface area contributed by atoms with Crippen LogP contribution in [0.25, 0.3) is 0 Å². The molecule has 4 nitrogen and oxygen atoms in total. The van der Waals surface area contributed by atoms with Crippen molar-refractivity contribution in [1.29, 1.82) is 0 Å². The molecule has 0 aromatic heterocycles. The molecule has 0 saturated heterocycles. The summed E-state index contributed by atoms with van der Waals surface area (Å²) < 4.78 is 0. The lowest BCUT2D eigenvalue weighted by molar-refractivity contribution is -0.114. The van der Waals surface area contributed by atoms with Crippen molar-refractivity contribution in [2.75, 3.05) is 29.5 Å². The average molecular weight is 177 g/mol. The van der Waals surface area contributed by atoms with Crippen LogP contribution >= 0.6 is 0 Å². The Bertz CT molecular complexity index is 349. The summed E-state index contributed by atoms with van der Waals surface area (Å²) in [4.78, 5) is 11.0. The lowest BCUT2D eigenvalue weighted by atomic mass is 10.2. The van der Waals surface area contributed by atoms with E-state index in [4.69, 9.17) is 0 Å². The normalized spacial score (nSPS) is 14.1. The van der Waals surface area contributed by atoms with Crippen molar-refractivity contribution in [1.82, 2.24) is 0 Å². The van der Waals surface area contributed by atoms with Gasteiger partial charge in [0.1, 0.15) is 0 Å². The Morgan fingerprint density at radius 1 is 1.46 bits per heavy atom. The Morgan fingerprint density at radius 2 is 2.31 bits per heavy atom. The third-order valence-corrected chi connectivity index (χ3v) is 2.03. The molecule has 1 amide bonds. The van der Waals surface area contributed by atoms with E-state index in [2.05, 4.69) is 16.0 Å². The topological polar surface area (TPSA) is 53.2 Å². The Labute approximate surface area is 76.3 Å². The predicted molar refractivity (Wildman–Crippen MR) is 53.1 cm³/mol. The SMILES string of the molecule is CNc1cccc2c1NCC(=O)N2. The van der Waals surface area contributed by atoms with E-state index in [-0.39, 0.29) is 5.91 Å². The van der Waals surface area contributed by atoms with Crippen molar-refractivity contribution in [2.24, 2.45) is 0 Å². The first-order valence-corrected chi connectivity index (χ1v) is 4.16. The van der Waals surface area contributed by atoms with Gasteiger partial charge >= 0.3 is 0 Å². The van der Waals surface area contributed by atoms with Gasteiger partial charge in [-0.3, -0.25) is 4.79 Å². The maximum Gasteiger partial charge on any atom is 0.243 e. The van der Waals surface area contributed by atoms with Crippen molar-refractivity contribution in [3.63, 3.8) is 0 Å². The van der Waals surface area contributed by atoms with Crippen LogP contribution < -0.4 is 16.0 Å². The van der Waals surface area contributed by atoms with E-state index in [1.807, 2.05) is 25.2 Å². The summed E-state index contributed by atoms with van der Waals surface area (Å²) in [5.41, 5.74) is 2.80. The second-order valence-corrected chi connectivity index (χ2v) is 2.88. The number of carbonyl (C=O) groups excluding carboxylic acids is 1. The van der Waals surface area contributed by atoms with Crippen LogP contribution in [0, 0.1) is 0 Å². The van der Waals surface area contributed by atoms with Crippen LogP contribution in [0.15, 0.2) is 18.2 Å². The molecule has 0 spiro atoms. The van der Waals surface area contributed by atoms with Gasteiger partial charge in [0.25, 0.3) is 0 Å². The molecule has 13 heavy (non-hydrogen) atoms. The van der Waals surface area contributed by atoms with Crippen molar-refractivity contribution in [3.8, 4) is 0 Å². The van der Waals surface area contributed by atoms with Crippen molar-refractivity contribution >= 4 is 23.0 Å². The fraction of sp³-hybridized carbons (Fsp3) is 0.222. The number of fused-ring (bicyclic) bond motifs is 1. The van der Waals surface area contributed by atoms with Gasteiger partial charge in [-0.05, 0) is 12.1 Å². The van der Waals surface area contributed by atoms with E-state index in [0.717, 1.165) is 17.1 Å². The van der Waals surface area contributed by atoms with Gasteiger partial charge in [0.2, 0.25) is 5.91 Å². The van der Waals surface area contributed by atoms with E-state index in [1.54, 1.807) is 0 Å². The molecule has 0 bridgehead atoms. The van der Waals surface area contributed by atoms with E-state index < -0.39 is 0 Å². The maximum absolute atomic E-state index is 11.0. The van der Waals surface area contributed by atoms with Gasteiger partial charge in [0.15, 0.2) is 0 Å². The molecule has 0 aliphatic carbocycles. The first kappa shape index (κ1) is 7.91. The number of benzene rings is 1. The number of rotatable bonds is 1. The standard InChI is InChI=1S/C9H11N3O/c1-10-6-3-2-4-7-9(6)11-5-8(13)12-7/h2-4,10-11H,5H2,1H3,(H,12,13). The van der Waals surface area contributed by atoms with Crippen LogP contribution in [-0.2, 0) is 4.79 Å². The number of para-hydroxylation sites is 1. The molecular formula is C9H11N3O. The van der Waals surface area contributed by atoms with Gasteiger partial charge in [0.05, 0.1) is 23.6 Å². The van der Waals surface area contributed by atoms with E-state index in [9.17, 15) is 4.79 Å². The first-order chi connectivity index (χ1) is 6.31. The zero-order chi connectivity index (χ0) is 9.26. The fourth-order valence-corrected chi connectivity index (χ4v) is 1.42. The highest BCUT2D eigenvalue weighted by Crippen LogP contribution is 2.31. The molecule has 1 aliphatic rings. The van der Waals surface area contributed by atoms with Crippen molar-refractivity contribution < 1.29 is 4.79 Å². The van der Waals surface area contributed by atoms with Crippen LogP contribution in [0.1, 0.15) is 0 Å². The minimum atomic E-state index is 0.000697.